The van der Waals surface area contributed by atoms with Crippen LogP contribution in [-0.4, -0.2) is 11.6 Å². The molecule has 0 aromatic carbocycles. The molecule has 0 saturated carbocycles. The summed E-state index contributed by atoms with van der Waals surface area (Å²) >= 11 is 0. The number of hydrogen-bond donors (Lipinski definition) is 0. The van der Waals surface area contributed by atoms with Crippen LogP contribution in [0.2, 0.25) is 0 Å². The first kappa shape index (κ1) is 14.1. The number of allylic oxidation sites excluding steroid dienone is 1. The molecule has 0 aliphatic heterocycles. The van der Waals surface area contributed by atoms with Gasteiger partial charge in [0.2, 0.25) is 0 Å². The number of carbonyl (C=O) groups is 1. The summed E-state index contributed by atoms with van der Waals surface area (Å²) < 4.78 is 4.83. The molecule has 0 saturated heterocycles. The van der Waals surface area contributed by atoms with Gasteiger partial charge in [0.15, 0.2) is 0 Å². The molecule has 4 heteroatoms. The molecule has 0 aliphatic rings. The Morgan fingerprint density at radius 1 is 1.42 bits per heavy atom. The molecular formula is C8H13LiO3. The first-order valence-corrected chi connectivity index (χ1v) is 3.39. The Hall–Kier alpha value is -0.393. The maximum atomic E-state index is 10.8. The maximum absolute atomic E-state index is 10.8. The minimum Gasteiger partial charge on any atom is -0.875 e. The molecule has 0 aromatic heterocycles. The molecule has 0 radical (unpaired) electrons. The van der Waals surface area contributed by atoms with E-state index in [2.05, 4.69) is 0 Å². The van der Waals surface area contributed by atoms with Crippen molar-refractivity contribution in [1.82, 2.24) is 0 Å². The van der Waals surface area contributed by atoms with E-state index in [9.17, 15) is 9.90 Å². The van der Waals surface area contributed by atoms with E-state index in [1.54, 1.807) is 20.8 Å². The topological polar surface area (TPSA) is 49.4 Å². The van der Waals surface area contributed by atoms with Gasteiger partial charge in [-0.25, -0.2) is 4.79 Å². The summed E-state index contributed by atoms with van der Waals surface area (Å²) in [6, 6.07) is 0. The van der Waals surface area contributed by atoms with Gasteiger partial charge in [0, 0.05) is 6.08 Å². The van der Waals surface area contributed by atoms with Gasteiger partial charge < -0.3 is 9.84 Å². The molecule has 0 atom stereocenters. The van der Waals surface area contributed by atoms with E-state index in [0.29, 0.717) is 0 Å². The second-order valence-corrected chi connectivity index (χ2v) is 3.29. The number of esters is 1. The van der Waals surface area contributed by atoms with Gasteiger partial charge in [-0.2, -0.15) is 0 Å². The van der Waals surface area contributed by atoms with Gasteiger partial charge in [-0.05, 0) is 20.8 Å². The summed E-state index contributed by atoms with van der Waals surface area (Å²) in [7, 11) is 0. The molecular weight excluding hydrogens is 151 g/mol. The van der Waals surface area contributed by atoms with Crippen molar-refractivity contribution in [3.63, 3.8) is 0 Å². The van der Waals surface area contributed by atoms with Crippen LogP contribution in [0.25, 0.3) is 0 Å². The summed E-state index contributed by atoms with van der Waals surface area (Å²) in [5.41, 5.74) is -0.525. The quantitative estimate of drug-likeness (QED) is 0.188. The van der Waals surface area contributed by atoms with Crippen LogP contribution in [0.4, 0.5) is 0 Å². The third-order valence-corrected chi connectivity index (χ3v) is 0.728. The summed E-state index contributed by atoms with van der Waals surface area (Å²) in [6.45, 7) is 6.56. The fourth-order valence-electron chi connectivity index (χ4n) is 0.497. The third-order valence-electron chi connectivity index (χ3n) is 0.728. The predicted octanol–water partition coefficient (Wildman–Crippen LogP) is -2.40. The Bertz CT molecular complexity index is 175. The molecule has 0 fully saturated rings. The van der Waals surface area contributed by atoms with E-state index in [-0.39, 0.29) is 24.6 Å². The number of ether oxygens (including phenoxy) is 1. The molecule has 0 aromatic rings. The second kappa shape index (κ2) is 5.29. The monoisotopic (exact) mass is 164 g/mol. The molecule has 0 heterocycles. The van der Waals surface area contributed by atoms with Crippen molar-refractivity contribution in [2.75, 3.05) is 0 Å². The molecule has 0 unspecified atom stereocenters. The van der Waals surface area contributed by atoms with Crippen LogP contribution in [0.5, 0.6) is 0 Å². The molecule has 0 bridgehead atoms. The number of carbonyl (C=O) groups excluding carboxylic acids is 1. The molecule has 0 N–H and O–H groups in total. The number of rotatable bonds is 1. The van der Waals surface area contributed by atoms with Crippen molar-refractivity contribution in [3.8, 4) is 0 Å². The zero-order valence-electron chi connectivity index (χ0n) is 8.30. The van der Waals surface area contributed by atoms with Crippen LogP contribution in [0, 0.1) is 0 Å². The number of hydrogen-bond acceptors (Lipinski definition) is 3. The summed E-state index contributed by atoms with van der Waals surface area (Å²) in [5.74, 6) is -0.871. The van der Waals surface area contributed by atoms with Gasteiger partial charge in [0.25, 0.3) is 0 Å². The van der Waals surface area contributed by atoms with Crippen molar-refractivity contribution in [1.29, 1.82) is 0 Å². The Kier molecular flexibility index (Phi) is 6.23. The summed E-state index contributed by atoms with van der Waals surface area (Å²) in [5, 5.41) is 10.4. The largest absolute Gasteiger partial charge is 1.00 e. The molecule has 0 amide bonds. The zero-order valence-corrected chi connectivity index (χ0v) is 8.30. The van der Waals surface area contributed by atoms with Crippen LogP contribution < -0.4 is 24.0 Å². The van der Waals surface area contributed by atoms with Gasteiger partial charge in [-0.3, -0.25) is 0 Å². The standard InChI is InChI=1S/C8H14O3.Li/c1-6(9)5-7(10)11-8(2,3)4;/h5,9H,1-4H3;/q;+1/p-1/b6-5-;. The molecule has 0 aliphatic carbocycles. The summed E-state index contributed by atoms with van der Waals surface area (Å²) in [4.78, 5) is 10.8. The van der Waals surface area contributed by atoms with E-state index in [1.807, 2.05) is 0 Å². The minimum atomic E-state index is -0.579. The van der Waals surface area contributed by atoms with E-state index in [1.165, 1.54) is 6.92 Å². The Morgan fingerprint density at radius 2 is 1.83 bits per heavy atom. The van der Waals surface area contributed by atoms with Crippen LogP contribution in [-0.2, 0) is 9.53 Å². The zero-order chi connectivity index (χ0) is 9.07. The molecule has 3 nitrogen and oxygen atoms in total. The van der Waals surface area contributed by atoms with Crippen molar-refractivity contribution < 1.29 is 33.5 Å². The van der Waals surface area contributed by atoms with Crippen molar-refractivity contribution >= 4 is 5.97 Å². The normalized spacial score (nSPS) is 11.8. The third kappa shape index (κ3) is 9.61. The van der Waals surface area contributed by atoms with Crippen LogP contribution in [0.15, 0.2) is 11.8 Å². The summed E-state index contributed by atoms with van der Waals surface area (Å²) in [6.07, 6.45) is 0.936. The van der Waals surface area contributed by atoms with Crippen LogP contribution >= 0.6 is 0 Å². The Morgan fingerprint density at radius 3 is 2.08 bits per heavy atom. The Balaban J connectivity index is 0. The van der Waals surface area contributed by atoms with Crippen molar-refractivity contribution in [2.24, 2.45) is 0 Å². The predicted molar refractivity (Wildman–Crippen MR) is 39.6 cm³/mol. The fraction of sp³-hybridized carbons (Fsp3) is 0.625. The molecule has 0 rings (SSSR count). The SMILES string of the molecule is C/C([O-])=C/C(=O)OC(C)(C)C.[Li+]. The Labute approximate surface area is 85.0 Å². The first-order chi connectivity index (χ1) is 4.81. The molecule has 64 valence electrons. The average molecular weight is 164 g/mol. The fourth-order valence-corrected chi connectivity index (χ4v) is 0.497. The van der Waals surface area contributed by atoms with Crippen LogP contribution in [0.1, 0.15) is 27.7 Å². The van der Waals surface area contributed by atoms with Gasteiger partial charge in [0.1, 0.15) is 5.60 Å². The molecule has 12 heavy (non-hydrogen) atoms. The van der Waals surface area contributed by atoms with E-state index >= 15 is 0 Å². The van der Waals surface area contributed by atoms with Crippen LogP contribution in [0.3, 0.4) is 0 Å². The second-order valence-electron chi connectivity index (χ2n) is 3.29. The maximum Gasteiger partial charge on any atom is 1.00 e. The van der Waals surface area contributed by atoms with Crippen molar-refractivity contribution in [3.05, 3.63) is 11.8 Å². The van der Waals surface area contributed by atoms with E-state index in [4.69, 9.17) is 4.74 Å². The van der Waals surface area contributed by atoms with Gasteiger partial charge in [-0.15, -0.1) is 5.76 Å². The van der Waals surface area contributed by atoms with Crippen molar-refractivity contribution in [2.45, 2.75) is 33.3 Å². The van der Waals surface area contributed by atoms with Gasteiger partial charge >= 0.3 is 24.8 Å². The van der Waals surface area contributed by atoms with Gasteiger partial charge in [0.05, 0.1) is 0 Å². The average Bonchev–Trinajstić information content (AvgIpc) is 1.53. The molecule has 0 spiro atoms. The van der Waals surface area contributed by atoms with E-state index in [0.717, 1.165) is 6.08 Å². The first-order valence-electron chi connectivity index (χ1n) is 3.39. The minimum absolute atomic E-state index is 0. The van der Waals surface area contributed by atoms with E-state index < -0.39 is 11.6 Å². The van der Waals surface area contributed by atoms with Gasteiger partial charge in [-0.1, -0.05) is 6.92 Å². The smallest absolute Gasteiger partial charge is 0.875 e.